The highest BCUT2D eigenvalue weighted by Crippen LogP contribution is 2.51. The number of hydrogen-bond donors (Lipinski definition) is 1. The molecule has 0 bridgehead atoms. The number of nitriles is 1. The fourth-order valence-electron chi connectivity index (χ4n) is 3.52. The molecule has 2 aromatic rings. The van der Waals surface area contributed by atoms with Crippen molar-refractivity contribution in [3.05, 3.63) is 81.3 Å². The number of thioether (sulfide) groups is 1. The van der Waals surface area contributed by atoms with Gasteiger partial charge < -0.3 is 5.11 Å². The number of hydrogen-bond acceptors (Lipinski definition) is 4. The summed E-state index contributed by atoms with van der Waals surface area (Å²) in [6, 6.07) is 18.6. The molecule has 0 aromatic heterocycles. The van der Waals surface area contributed by atoms with Crippen molar-refractivity contribution in [2.45, 2.75) is 18.1 Å². The van der Waals surface area contributed by atoms with E-state index < -0.39 is 5.72 Å². The summed E-state index contributed by atoms with van der Waals surface area (Å²) in [6.45, 7) is 0. The maximum Gasteiger partial charge on any atom is 0.231 e. The summed E-state index contributed by atoms with van der Waals surface area (Å²) in [6.07, 6.45) is 0.143. The Labute approximate surface area is 160 Å². The van der Waals surface area contributed by atoms with Crippen molar-refractivity contribution in [3.63, 3.8) is 0 Å². The molecule has 2 aliphatic heterocycles. The molecule has 6 heteroatoms. The van der Waals surface area contributed by atoms with Gasteiger partial charge >= 0.3 is 0 Å². The Morgan fingerprint density at radius 2 is 1.88 bits per heavy atom. The van der Waals surface area contributed by atoms with Crippen molar-refractivity contribution in [3.8, 4) is 6.07 Å². The van der Waals surface area contributed by atoms with Crippen LogP contribution in [0.4, 0.5) is 0 Å². The normalized spacial score (nSPS) is 25.2. The summed E-state index contributed by atoms with van der Waals surface area (Å²) in [5.41, 5.74) is 0.620. The Morgan fingerprint density at radius 3 is 2.54 bits per heavy atom. The van der Waals surface area contributed by atoms with Crippen LogP contribution in [0.3, 0.4) is 0 Å². The molecule has 1 amide bonds. The van der Waals surface area contributed by atoms with Crippen molar-refractivity contribution in [1.29, 1.82) is 5.26 Å². The molecular formula is C20H15ClN2O2S. The van der Waals surface area contributed by atoms with E-state index in [4.69, 9.17) is 11.6 Å². The second kappa shape index (κ2) is 6.48. The third-order valence-corrected chi connectivity index (χ3v) is 6.29. The van der Waals surface area contributed by atoms with Crippen molar-refractivity contribution >= 4 is 29.3 Å². The van der Waals surface area contributed by atoms with Crippen LogP contribution in [0.1, 0.15) is 23.5 Å². The molecule has 0 spiro atoms. The van der Waals surface area contributed by atoms with Gasteiger partial charge in [0.15, 0.2) is 5.72 Å². The number of benzene rings is 2. The van der Waals surface area contributed by atoms with Gasteiger partial charge in [0.05, 0.1) is 22.4 Å². The second-order valence-corrected chi connectivity index (χ2v) is 7.74. The molecule has 1 fully saturated rings. The number of fused-ring (bicyclic) bond motifs is 1. The first kappa shape index (κ1) is 17.2. The van der Waals surface area contributed by atoms with Crippen LogP contribution in [0.25, 0.3) is 0 Å². The zero-order valence-electron chi connectivity index (χ0n) is 13.7. The molecule has 1 N–H and O–H groups in total. The van der Waals surface area contributed by atoms with Crippen LogP contribution in [0.15, 0.2) is 65.2 Å². The number of rotatable bonds is 2. The van der Waals surface area contributed by atoms with Crippen LogP contribution < -0.4 is 0 Å². The molecule has 0 aliphatic carbocycles. The topological polar surface area (TPSA) is 64.3 Å². The molecular weight excluding hydrogens is 368 g/mol. The van der Waals surface area contributed by atoms with Gasteiger partial charge in [-0.1, -0.05) is 54.1 Å². The number of halogens is 1. The highest BCUT2D eigenvalue weighted by atomic mass is 35.5. The van der Waals surface area contributed by atoms with Crippen molar-refractivity contribution in [2.24, 2.45) is 0 Å². The number of amides is 1. The van der Waals surface area contributed by atoms with Crippen LogP contribution in [-0.4, -0.2) is 21.7 Å². The Morgan fingerprint density at radius 1 is 1.19 bits per heavy atom. The predicted octanol–water partition coefficient (Wildman–Crippen LogP) is 3.98. The van der Waals surface area contributed by atoms with Gasteiger partial charge in [0.25, 0.3) is 0 Å². The lowest BCUT2D eigenvalue weighted by Gasteiger charge is -2.38. The molecule has 2 aliphatic rings. The highest BCUT2D eigenvalue weighted by molar-refractivity contribution is 8.03. The van der Waals surface area contributed by atoms with E-state index in [9.17, 15) is 15.2 Å². The van der Waals surface area contributed by atoms with Crippen molar-refractivity contribution < 1.29 is 9.90 Å². The molecule has 0 unspecified atom stereocenters. The van der Waals surface area contributed by atoms with Gasteiger partial charge in [0, 0.05) is 22.9 Å². The van der Waals surface area contributed by atoms with Gasteiger partial charge in [-0.2, -0.15) is 5.26 Å². The van der Waals surface area contributed by atoms with E-state index in [1.54, 1.807) is 24.3 Å². The summed E-state index contributed by atoms with van der Waals surface area (Å²) in [5, 5.41) is 22.2. The number of carbonyl (C=O) groups excluding carboxylic acids is 1. The van der Waals surface area contributed by atoms with Gasteiger partial charge in [0.2, 0.25) is 5.91 Å². The Bertz CT molecular complexity index is 937. The Hall–Kier alpha value is -2.26. The summed E-state index contributed by atoms with van der Waals surface area (Å²) in [5.74, 6) is -0.201. The zero-order valence-corrected chi connectivity index (χ0v) is 15.3. The third-order valence-electron chi connectivity index (χ3n) is 4.82. The summed E-state index contributed by atoms with van der Waals surface area (Å²) in [7, 11) is 0. The lowest BCUT2D eigenvalue weighted by Crippen LogP contribution is -2.48. The Kier molecular flexibility index (Phi) is 4.28. The monoisotopic (exact) mass is 382 g/mol. The minimum Gasteiger partial charge on any atom is -0.366 e. The molecule has 130 valence electrons. The van der Waals surface area contributed by atoms with Crippen LogP contribution in [-0.2, 0) is 10.5 Å². The van der Waals surface area contributed by atoms with E-state index in [1.807, 2.05) is 30.3 Å². The molecule has 1 saturated heterocycles. The van der Waals surface area contributed by atoms with Crippen LogP contribution in [0.2, 0.25) is 5.02 Å². The average molecular weight is 383 g/mol. The van der Waals surface area contributed by atoms with Crippen LogP contribution >= 0.6 is 23.4 Å². The molecule has 2 aromatic carbocycles. The first-order valence-corrected chi connectivity index (χ1v) is 9.54. The zero-order chi connectivity index (χ0) is 18.3. The molecule has 2 heterocycles. The predicted molar refractivity (Wildman–Crippen MR) is 101 cm³/mol. The number of allylic oxidation sites excluding steroid dienone is 1. The SMILES string of the molecule is N#CC1=C2SC[C@@](O)(c3ccccc3)N2C(=O)C[C@@H]1c1ccc(Cl)cc1. The van der Waals surface area contributed by atoms with Gasteiger partial charge in [-0.05, 0) is 17.7 Å². The molecule has 2 atom stereocenters. The van der Waals surface area contributed by atoms with Gasteiger partial charge in [-0.3, -0.25) is 9.69 Å². The van der Waals surface area contributed by atoms with E-state index in [2.05, 4.69) is 6.07 Å². The fourth-order valence-corrected chi connectivity index (χ4v) is 5.01. The number of carbonyl (C=O) groups is 1. The van der Waals surface area contributed by atoms with E-state index in [0.717, 1.165) is 5.56 Å². The van der Waals surface area contributed by atoms with E-state index in [-0.39, 0.29) is 18.2 Å². The van der Waals surface area contributed by atoms with Gasteiger partial charge in [-0.15, -0.1) is 11.8 Å². The molecule has 4 nitrogen and oxygen atoms in total. The Balaban J connectivity index is 1.81. The largest absolute Gasteiger partial charge is 0.366 e. The first-order valence-electron chi connectivity index (χ1n) is 8.18. The van der Waals surface area contributed by atoms with Crippen molar-refractivity contribution in [1.82, 2.24) is 4.90 Å². The third kappa shape index (κ3) is 2.62. The molecule has 0 radical (unpaired) electrons. The summed E-state index contributed by atoms with van der Waals surface area (Å²) in [4.78, 5) is 14.4. The van der Waals surface area contributed by atoms with Crippen molar-refractivity contribution in [2.75, 3.05) is 5.75 Å². The van der Waals surface area contributed by atoms with E-state index in [0.29, 0.717) is 26.9 Å². The minimum atomic E-state index is -1.43. The lowest BCUT2D eigenvalue weighted by atomic mass is 9.85. The molecule has 26 heavy (non-hydrogen) atoms. The summed E-state index contributed by atoms with van der Waals surface area (Å²) >= 11 is 7.31. The fraction of sp³-hybridized carbons (Fsp3) is 0.200. The summed E-state index contributed by atoms with van der Waals surface area (Å²) < 4.78 is 0. The maximum absolute atomic E-state index is 13.0. The van der Waals surface area contributed by atoms with Gasteiger partial charge in [0.1, 0.15) is 0 Å². The van der Waals surface area contributed by atoms with E-state index in [1.165, 1.54) is 16.7 Å². The number of aliphatic hydroxyl groups is 1. The first-order chi connectivity index (χ1) is 12.5. The smallest absolute Gasteiger partial charge is 0.231 e. The highest BCUT2D eigenvalue weighted by Gasteiger charge is 2.51. The lowest BCUT2D eigenvalue weighted by molar-refractivity contribution is -0.149. The average Bonchev–Trinajstić information content (AvgIpc) is 3.02. The van der Waals surface area contributed by atoms with Crippen LogP contribution in [0, 0.1) is 11.3 Å². The van der Waals surface area contributed by atoms with E-state index >= 15 is 0 Å². The standard InChI is InChI=1S/C20H15ClN2O2S/c21-15-8-6-13(7-9-15)16-10-18(24)23-19(17(16)11-22)26-12-20(23,25)14-4-2-1-3-5-14/h1-9,16,25H,10,12H2/t16-,20-/m1/s1. The minimum absolute atomic E-state index is 0.143. The number of nitrogens with zero attached hydrogens (tertiary/aromatic N) is 2. The molecule has 4 rings (SSSR count). The molecule has 0 saturated carbocycles. The van der Waals surface area contributed by atoms with Gasteiger partial charge in [-0.25, -0.2) is 0 Å². The maximum atomic E-state index is 13.0. The quantitative estimate of drug-likeness (QED) is 0.853. The second-order valence-electron chi connectivity index (χ2n) is 6.34. The van der Waals surface area contributed by atoms with Crippen LogP contribution in [0.5, 0.6) is 0 Å².